The SMILES string of the molecule is CC1(C)Cc2ccc(Br)cc2C1O. The Morgan fingerprint density at radius 3 is 2.85 bits per heavy atom. The molecule has 0 amide bonds. The number of aliphatic hydroxyl groups excluding tert-OH is 1. The highest BCUT2D eigenvalue weighted by Crippen LogP contribution is 2.45. The molecule has 70 valence electrons. The van der Waals surface area contributed by atoms with Crippen LogP contribution < -0.4 is 0 Å². The van der Waals surface area contributed by atoms with E-state index >= 15 is 0 Å². The summed E-state index contributed by atoms with van der Waals surface area (Å²) < 4.78 is 1.04. The van der Waals surface area contributed by atoms with Crippen LogP contribution in [0.1, 0.15) is 31.1 Å². The van der Waals surface area contributed by atoms with Crippen molar-refractivity contribution < 1.29 is 5.11 Å². The van der Waals surface area contributed by atoms with Gasteiger partial charge in [0.25, 0.3) is 0 Å². The molecule has 1 aliphatic carbocycles. The van der Waals surface area contributed by atoms with Crippen LogP contribution in [0.4, 0.5) is 0 Å². The molecule has 0 spiro atoms. The summed E-state index contributed by atoms with van der Waals surface area (Å²) in [5, 5.41) is 10.0. The Morgan fingerprint density at radius 2 is 2.15 bits per heavy atom. The summed E-state index contributed by atoms with van der Waals surface area (Å²) in [6.45, 7) is 4.21. The highest BCUT2D eigenvalue weighted by molar-refractivity contribution is 9.10. The third kappa shape index (κ3) is 1.42. The van der Waals surface area contributed by atoms with Crippen molar-refractivity contribution in [1.82, 2.24) is 0 Å². The monoisotopic (exact) mass is 240 g/mol. The van der Waals surface area contributed by atoms with Crippen molar-refractivity contribution >= 4 is 15.9 Å². The van der Waals surface area contributed by atoms with Crippen LogP contribution in [0.25, 0.3) is 0 Å². The quantitative estimate of drug-likeness (QED) is 0.740. The fraction of sp³-hybridized carbons (Fsp3) is 0.455. The lowest BCUT2D eigenvalue weighted by atomic mass is 9.88. The molecular weight excluding hydrogens is 228 g/mol. The first-order valence-corrected chi connectivity index (χ1v) is 5.26. The Bertz CT molecular complexity index is 344. The molecule has 2 rings (SSSR count). The van der Waals surface area contributed by atoms with Crippen LogP contribution in [0.5, 0.6) is 0 Å². The van der Waals surface area contributed by atoms with Crippen molar-refractivity contribution in [3.63, 3.8) is 0 Å². The maximum Gasteiger partial charge on any atom is 0.0847 e. The molecule has 0 radical (unpaired) electrons. The zero-order valence-electron chi connectivity index (χ0n) is 7.84. The third-order valence-corrected chi connectivity index (χ3v) is 3.28. The van der Waals surface area contributed by atoms with Crippen LogP contribution in [0.3, 0.4) is 0 Å². The summed E-state index contributed by atoms with van der Waals surface area (Å²) in [6, 6.07) is 6.15. The highest BCUT2D eigenvalue weighted by Gasteiger charge is 2.37. The van der Waals surface area contributed by atoms with Gasteiger partial charge in [0.1, 0.15) is 0 Å². The van der Waals surface area contributed by atoms with Crippen LogP contribution in [0.2, 0.25) is 0 Å². The fourth-order valence-electron chi connectivity index (χ4n) is 1.99. The number of benzene rings is 1. The van der Waals surface area contributed by atoms with Gasteiger partial charge in [-0.1, -0.05) is 35.8 Å². The van der Waals surface area contributed by atoms with E-state index in [4.69, 9.17) is 0 Å². The second kappa shape index (κ2) is 2.82. The Hall–Kier alpha value is -0.340. The lowest BCUT2D eigenvalue weighted by Gasteiger charge is -2.22. The summed E-state index contributed by atoms with van der Waals surface area (Å²) in [4.78, 5) is 0. The average molecular weight is 241 g/mol. The summed E-state index contributed by atoms with van der Waals surface area (Å²) in [5.41, 5.74) is 2.35. The number of hydrogen-bond donors (Lipinski definition) is 1. The molecule has 0 heterocycles. The Morgan fingerprint density at radius 1 is 1.46 bits per heavy atom. The van der Waals surface area contributed by atoms with Crippen molar-refractivity contribution in [2.45, 2.75) is 26.4 Å². The molecule has 13 heavy (non-hydrogen) atoms. The second-order valence-electron chi connectivity index (χ2n) is 4.41. The molecule has 0 aromatic heterocycles. The van der Waals surface area contributed by atoms with E-state index < -0.39 is 0 Å². The second-order valence-corrected chi connectivity index (χ2v) is 5.33. The van der Waals surface area contributed by atoms with E-state index in [0.29, 0.717) is 0 Å². The van der Waals surface area contributed by atoms with Gasteiger partial charge in [-0.05, 0) is 35.1 Å². The normalized spacial score (nSPS) is 24.5. The minimum atomic E-state index is -0.319. The van der Waals surface area contributed by atoms with E-state index in [1.54, 1.807) is 0 Å². The predicted octanol–water partition coefficient (Wildman–Crippen LogP) is 3.06. The van der Waals surface area contributed by atoms with Crippen molar-refractivity contribution in [1.29, 1.82) is 0 Å². The molecule has 0 bridgehead atoms. The predicted molar refractivity (Wildman–Crippen MR) is 56.6 cm³/mol. The summed E-state index contributed by atoms with van der Waals surface area (Å²) in [7, 11) is 0. The van der Waals surface area contributed by atoms with E-state index in [9.17, 15) is 5.11 Å². The third-order valence-electron chi connectivity index (χ3n) is 2.79. The van der Waals surface area contributed by atoms with Crippen molar-refractivity contribution in [3.05, 3.63) is 33.8 Å². The molecule has 1 aromatic carbocycles. The fourth-order valence-corrected chi connectivity index (χ4v) is 2.37. The zero-order valence-corrected chi connectivity index (χ0v) is 9.43. The van der Waals surface area contributed by atoms with Gasteiger partial charge in [0.05, 0.1) is 6.10 Å². The summed E-state index contributed by atoms with van der Waals surface area (Å²) in [6.07, 6.45) is 0.650. The van der Waals surface area contributed by atoms with Crippen LogP contribution in [0.15, 0.2) is 22.7 Å². The van der Waals surface area contributed by atoms with E-state index in [-0.39, 0.29) is 11.5 Å². The maximum absolute atomic E-state index is 10.0. The van der Waals surface area contributed by atoms with E-state index in [0.717, 1.165) is 16.5 Å². The van der Waals surface area contributed by atoms with Gasteiger partial charge in [-0.15, -0.1) is 0 Å². The lowest BCUT2D eigenvalue weighted by molar-refractivity contribution is 0.0665. The van der Waals surface area contributed by atoms with Gasteiger partial charge < -0.3 is 5.11 Å². The number of aliphatic hydroxyl groups is 1. The molecule has 2 heteroatoms. The molecule has 0 fully saturated rings. The van der Waals surface area contributed by atoms with Gasteiger partial charge in [-0.2, -0.15) is 0 Å². The van der Waals surface area contributed by atoms with Gasteiger partial charge in [0.15, 0.2) is 0 Å². The van der Waals surface area contributed by atoms with Gasteiger partial charge in [-0.25, -0.2) is 0 Å². The van der Waals surface area contributed by atoms with E-state index in [2.05, 4.69) is 35.8 Å². The molecule has 1 aromatic rings. The molecule has 1 N–H and O–H groups in total. The van der Waals surface area contributed by atoms with Gasteiger partial charge in [-0.3, -0.25) is 0 Å². The molecule has 0 saturated carbocycles. The molecule has 1 atom stereocenters. The first-order chi connectivity index (χ1) is 6.00. The smallest absolute Gasteiger partial charge is 0.0847 e. The Balaban J connectivity index is 2.51. The van der Waals surface area contributed by atoms with Gasteiger partial charge in [0.2, 0.25) is 0 Å². The summed E-state index contributed by atoms with van der Waals surface area (Å²) in [5.74, 6) is 0. The minimum Gasteiger partial charge on any atom is -0.388 e. The van der Waals surface area contributed by atoms with Crippen LogP contribution in [0, 0.1) is 5.41 Å². The molecule has 0 saturated heterocycles. The van der Waals surface area contributed by atoms with Gasteiger partial charge in [0, 0.05) is 4.47 Å². The van der Waals surface area contributed by atoms with Crippen LogP contribution in [-0.4, -0.2) is 5.11 Å². The van der Waals surface area contributed by atoms with Gasteiger partial charge >= 0.3 is 0 Å². The Kier molecular flexibility index (Phi) is 2.00. The molecule has 0 aliphatic heterocycles. The number of hydrogen-bond acceptors (Lipinski definition) is 1. The molecular formula is C11H13BrO. The van der Waals surface area contributed by atoms with Crippen molar-refractivity contribution in [2.24, 2.45) is 5.41 Å². The number of rotatable bonds is 0. The average Bonchev–Trinajstić information content (AvgIpc) is 2.26. The standard InChI is InChI=1S/C11H13BrO/c1-11(2)6-7-3-4-8(12)5-9(7)10(11)13/h3-5,10,13H,6H2,1-2H3. The maximum atomic E-state index is 10.0. The van der Waals surface area contributed by atoms with E-state index in [1.165, 1.54) is 5.56 Å². The lowest BCUT2D eigenvalue weighted by Crippen LogP contribution is -2.16. The first-order valence-electron chi connectivity index (χ1n) is 4.47. The number of halogens is 1. The zero-order chi connectivity index (χ0) is 9.64. The summed E-state index contributed by atoms with van der Waals surface area (Å²) >= 11 is 3.42. The topological polar surface area (TPSA) is 20.2 Å². The van der Waals surface area contributed by atoms with Crippen molar-refractivity contribution in [3.8, 4) is 0 Å². The van der Waals surface area contributed by atoms with Crippen molar-refractivity contribution in [2.75, 3.05) is 0 Å². The Labute approximate surface area is 86.9 Å². The number of fused-ring (bicyclic) bond motifs is 1. The largest absolute Gasteiger partial charge is 0.388 e. The van der Waals surface area contributed by atoms with E-state index in [1.807, 2.05) is 12.1 Å². The molecule has 1 unspecified atom stereocenters. The van der Waals surface area contributed by atoms with Crippen LogP contribution >= 0.6 is 15.9 Å². The van der Waals surface area contributed by atoms with Crippen LogP contribution in [-0.2, 0) is 6.42 Å². The first kappa shape index (κ1) is 9.22. The highest BCUT2D eigenvalue weighted by atomic mass is 79.9. The minimum absolute atomic E-state index is 0.0108. The molecule has 1 aliphatic rings. The molecule has 1 nitrogen and oxygen atoms in total.